The van der Waals surface area contributed by atoms with Crippen LogP contribution in [0.2, 0.25) is 0 Å². The first kappa shape index (κ1) is 27.3. The Balaban J connectivity index is 2.53. The number of hydrogen-bond acceptors (Lipinski definition) is 13. The van der Waals surface area contributed by atoms with Crippen molar-refractivity contribution >= 4 is 17.9 Å². The van der Waals surface area contributed by atoms with Crippen LogP contribution in [0.4, 0.5) is 0 Å². The Morgan fingerprint density at radius 3 is 2.03 bits per heavy atom. The summed E-state index contributed by atoms with van der Waals surface area (Å²) in [5.41, 5.74) is -0.732. The minimum absolute atomic E-state index is 0.0323. The maximum atomic E-state index is 12.1. The average Bonchev–Trinajstić information content (AvgIpc) is 3.08. The van der Waals surface area contributed by atoms with Crippen LogP contribution in [0, 0.1) is 5.41 Å². The molecule has 0 fully saturated rings. The normalized spacial score (nSPS) is 13.3. The molecular weight excluding hydrogens is 432 g/mol. The van der Waals surface area contributed by atoms with Crippen LogP contribution < -0.4 is 16.5 Å². The van der Waals surface area contributed by atoms with Crippen molar-refractivity contribution in [3.8, 4) is 0 Å². The van der Waals surface area contributed by atoms with E-state index in [2.05, 4.69) is 10.6 Å². The fourth-order valence-corrected chi connectivity index (χ4v) is 2.07. The Kier molecular flexibility index (Phi) is 11.1. The SMILES string of the molecule is CNC(CO)C(=O)OCc1oc(=O)oc1COCC(NC)C(=O)OCOC(=O)C(C)(C)C. The summed E-state index contributed by atoms with van der Waals surface area (Å²) in [5, 5.41) is 14.3. The van der Waals surface area contributed by atoms with Crippen LogP contribution in [0.3, 0.4) is 0 Å². The second-order valence-corrected chi connectivity index (χ2v) is 7.55. The Morgan fingerprint density at radius 1 is 0.938 bits per heavy atom. The van der Waals surface area contributed by atoms with E-state index in [1.165, 1.54) is 14.1 Å². The highest BCUT2D eigenvalue weighted by Gasteiger charge is 2.25. The highest BCUT2D eigenvalue weighted by molar-refractivity contribution is 5.77. The highest BCUT2D eigenvalue weighted by Crippen LogP contribution is 2.15. The van der Waals surface area contributed by atoms with Crippen molar-refractivity contribution < 1.29 is 47.3 Å². The predicted molar refractivity (Wildman–Crippen MR) is 106 cm³/mol. The van der Waals surface area contributed by atoms with Gasteiger partial charge < -0.3 is 43.5 Å². The maximum Gasteiger partial charge on any atom is 0.519 e. The summed E-state index contributed by atoms with van der Waals surface area (Å²) in [4.78, 5) is 46.9. The third-order valence-corrected chi connectivity index (χ3v) is 4.04. The Morgan fingerprint density at radius 2 is 1.50 bits per heavy atom. The molecule has 0 spiro atoms. The number of esters is 3. The molecule has 1 aromatic heterocycles. The maximum absolute atomic E-state index is 12.1. The molecule has 2 unspecified atom stereocenters. The summed E-state index contributed by atoms with van der Waals surface area (Å²) in [5.74, 6) is -3.13. The van der Waals surface area contributed by atoms with E-state index in [0.717, 1.165) is 0 Å². The van der Waals surface area contributed by atoms with Crippen LogP contribution in [0.25, 0.3) is 0 Å². The number of carbonyl (C=O) groups excluding carboxylic acids is 3. The molecule has 0 aliphatic rings. The third kappa shape index (κ3) is 8.78. The zero-order valence-electron chi connectivity index (χ0n) is 18.7. The molecule has 0 aliphatic carbocycles. The van der Waals surface area contributed by atoms with Gasteiger partial charge in [0, 0.05) is 0 Å². The summed E-state index contributed by atoms with van der Waals surface area (Å²) in [6.45, 7) is 3.11. The van der Waals surface area contributed by atoms with Gasteiger partial charge in [-0.1, -0.05) is 0 Å². The van der Waals surface area contributed by atoms with Gasteiger partial charge in [-0.05, 0) is 34.9 Å². The molecule has 13 heteroatoms. The van der Waals surface area contributed by atoms with E-state index in [0.29, 0.717) is 0 Å². The summed E-state index contributed by atoms with van der Waals surface area (Å²) in [6.07, 6.45) is 0. The summed E-state index contributed by atoms with van der Waals surface area (Å²) in [6, 6.07) is -1.83. The lowest BCUT2D eigenvalue weighted by Gasteiger charge is -2.18. The van der Waals surface area contributed by atoms with Crippen molar-refractivity contribution in [2.75, 3.05) is 34.1 Å². The van der Waals surface area contributed by atoms with E-state index < -0.39 is 61.2 Å². The van der Waals surface area contributed by atoms with Crippen molar-refractivity contribution in [1.82, 2.24) is 10.6 Å². The average molecular weight is 462 g/mol. The number of aliphatic hydroxyl groups is 1. The number of ether oxygens (including phenoxy) is 4. The van der Waals surface area contributed by atoms with Crippen LogP contribution in [-0.4, -0.2) is 69.2 Å². The fraction of sp³-hybridized carbons (Fsp3) is 0.684. The van der Waals surface area contributed by atoms with Crippen LogP contribution >= 0.6 is 0 Å². The molecular formula is C19H30N2O11. The molecule has 182 valence electrons. The third-order valence-electron chi connectivity index (χ3n) is 4.04. The van der Waals surface area contributed by atoms with E-state index in [-0.39, 0.29) is 24.7 Å². The minimum atomic E-state index is -1.02. The van der Waals surface area contributed by atoms with Gasteiger partial charge >= 0.3 is 23.7 Å². The van der Waals surface area contributed by atoms with Gasteiger partial charge in [0.15, 0.2) is 18.1 Å². The first-order valence-corrected chi connectivity index (χ1v) is 9.68. The van der Waals surface area contributed by atoms with Crippen molar-refractivity contribution in [2.45, 2.75) is 46.1 Å². The van der Waals surface area contributed by atoms with Gasteiger partial charge in [0.25, 0.3) is 0 Å². The highest BCUT2D eigenvalue weighted by atomic mass is 16.7. The molecule has 0 amide bonds. The lowest BCUT2D eigenvalue weighted by molar-refractivity contribution is -0.175. The summed E-state index contributed by atoms with van der Waals surface area (Å²) >= 11 is 0. The van der Waals surface area contributed by atoms with Crippen LogP contribution in [0.15, 0.2) is 13.6 Å². The number of carbonyl (C=O) groups is 3. The van der Waals surface area contributed by atoms with Gasteiger partial charge in [-0.25, -0.2) is 4.79 Å². The molecule has 2 atom stereocenters. The lowest BCUT2D eigenvalue weighted by atomic mass is 9.98. The summed E-state index contributed by atoms with van der Waals surface area (Å²) < 4.78 is 29.8. The Hall–Kier alpha value is -2.74. The van der Waals surface area contributed by atoms with E-state index >= 15 is 0 Å². The molecule has 0 aliphatic heterocycles. The quantitative estimate of drug-likeness (QED) is 0.242. The monoisotopic (exact) mass is 462 g/mol. The van der Waals surface area contributed by atoms with Crippen molar-refractivity contribution in [3.63, 3.8) is 0 Å². The van der Waals surface area contributed by atoms with Crippen LogP contribution in [0.1, 0.15) is 32.3 Å². The van der Waals surface area contributed by atoms with Gasteiger partial charge in [0.1, 0.15) is 18.7 Å². The number of likely N-dealkylation sites (N-methyl/N-ethyl adjacent to an activating group) is 2. The zero-order chi connectivity index (χ0) is 24.3. The second kappa shape index (κ2) is 13.0. The van der Waals surface area contributed by atoms with Gasteiger partial charge in [0.05, 0.1) is 18.6 Å². The summed E-state index contributed by atoms with van der Waals surface area (Å²) in [7, 11) is 2.97. The smallest absolute Gasteiger partial charge is 0.456 e. The molecule has 3 N–H and O–H groups in total. The largest absolute Gasteiger partial charge is 0.519 e. The fourth-order valence-electron chi connectivity index (χ4n) is 2.07. The van der Waals surface area contributed by atoms with Crippen molar-refractivity contribution in [1.29, 1.82) is 0 Å². The first-order chi connectivity index (χ1) is 15.0. The van der Waals surface area contributed by atoms with Crippen LogP contribution in [0.5, 0.6) is 0 Å². The molecule has 1 aromatic rings. The van der Waals surface area contributed by atoms with E-state index in [4.69, 9.17) is 32.9 Å². The standard InChI is InChI=1S/C19H30N2O11/c1-19(2,3)17(25)30-10-29-16(24)12(21-5)7-27-8-13-14(32-18(26)31-13)9-28-15(23)11(6-22)20-4/h11-12,20-22H,6-10H2,1-5H3. The van der Waals surface area contributed by atoms with E-state index in [1.807, 2.05) is 0 Å². The molecule has 0 bridgehead atoms. The van der Waals surface area contributed by atoms with Gasteiger partial charge in [-0.3, -0.25) is 14.4 Å². The zero-order valence-corrected chi connectivity index (χ0v) is 18.7. The van der Waals surface area contributed by atoms with E-state index in [9.17, 15) is 19.2 Å². The lowest BCUT2D eigenvalue weighted by Crippen LogP contribution is -2.40. The van der Waals surface area contributed by atoms with Gasteiger partial charge in [0.2, 0.25) is 6.79 Å². The number of rotatable bonds is 13. The molecule has 32 heavy (non-hydrogen) atoms. The number of nitrogens with one attached hydrogen (secondary N) is 2. The molecule has 0 radical (unpaired) electrons. The molecule has 13 nitrogen and oxygen atoms in total. The molecule has 0 saturated carbocycles. The second-order valence-electron chi connectivity index (χ2n) is 7.55. The number of hydrogen-bond donors (Lipinski definition) is 3. The Bertz CT molecular complexity index is 805. The minimum Gasteiger partial charge on any atom is -0.456 e. The first-order valence-electron chi connectivity index (χ1n) is 9.68. The predicted octanol–water partition coefficient (Wildman–Crippen LogP) is -0.949. The topological polar surface area (TPSA) is 176 Å². The van der Waals surface area contributed by atoms with Gasteiger partial charge in [-0.15, -0.1) is 0 Å². The molecule has 0 aromatic carbocycles. The van der Waals surface area contributed by atoms with E-state index in [1.54, 1.807) is 20.8 Å². The van der Waals surface area contributed by atoms with Crippen molar-refractivity contribution in [3.05, 3.63) is 22.1 Å². The van der Waals surface area contributed by atoms with Gasteiger partial charge in [-0.2, -0.15) is 0 Å². The van der Waals surface area contributed by atoms with Crippen LogP contribution in [-0.2, 0) is 46.5 Å². The van der Waals surface area contributed by atoms with Crippen molar-refractivity contribution in [2.24, 2.45) is 5.41 Å². The number of aliphatic hydroxyl groups excluding tert-OH is 1. The molecule has 1 rings (SSSR count). The Labute approximate surface area is 184 Å². The molecule has 1 heterocycles. The molecule has 0 saturated heterocycles.